The minimum atomic E-state index is 0.166. The highest BCUT2D eigenvalue weighted by Crippen LogP contribution is 2.37. The second-order valence-corrected chi connectivity index (χ2v) is 6.70. The molecule has 1 aliphatic carbocycles. The number of hydrogen-bond donors (Lipinski definition) is 2. The van der Waals surface area contributed by atoms with E-state index in [1.165, 1.54) is 5.06 Å². The summed E-state index contributed by atoms with van der Waals surface area (Å²) in [6.07, 6.45) is 5.60. The van der Waals surface area contributed by atoms with Gasteiger partial charge in [-0.3, -0.25) is 20.7 Å². The summed E-state index contributed by atoms with van der Waals surface area (Å²) in [5.74, 6) is 0.816. The number of hydrogen-bond acceptors (Lipinski definition) is 8. The second-order valence-electron chi connectivity index (χ2n) is 6.70. The number of aromatic nitrogens is 2. The number of anilines is 2. The van der Waals surface area contributed by atoms with Gasteiger partial charge in [-0.2, -0.15) is 5.10 Å². The summed E-state index contributed by atoms with van der Waals surface area (Å²) < 4.78 is 5.47. The van der Waals surface area contributed by atoms with E-state index in [1.54, 1.807) is 6.20 Å². The minimum Gasteiger partial charge on any atom is -0.378 e. The SMILES string of the molecule is C=NN/C(=C\C)c1nccc2c(N(O)C3CC3)cc(N3CCOCC3)nc12. The number of ether oxygens (including phenoxy) is 1. The number of allylic oxidation sites excluding steroid dienone is 1. The Hall–Kier alpha value is -2.71. The average molecular weight is 368 g/mol. The molecule has 2 fully saturated rings. The zero-order valence-electron chi connectivity index (χ0n) is 15.4. The van der Waals surface area contributed by atoms with E-state index in [4.69, 9.17) is 9.72 Å². The standard InChI is InChI=1S/C19H24N6O2/c1-3-15(23-20-2)19-18-14(6-7-21-19)16(25(26)13-4-5-13)12-17(22-18)24-8-10-27-11-9-24/h3,6-7,12-13,23,26H,2,4-5,8-11H2,1H3/b15-3-. The van der Waals surface area contributed by atoms with E-state index < -0.39 is 0 Å². The van der Waals surface area contributed by atoms with Crippen molar-refractivity contribution in [3.05, 3.63) is 30.1 Å². The van der Waals surface area contributed by atoms with Crippen LogP contribution >= 0.6 is 0 Å². The van der Waals surface area contributed by atoms with E-state index >= 15 is 0 Å². The monoisotopic (exact) mass is 368 g/mol. The fraction of sp³-hybridized carbons (Fsp3) is 0.421. The van der Waals surface area contributed by atoms with Crippen molar-refractivity contribution in [2.24, 2.45) is 5.10 Å². The molecule has 2 aromatic heterocycles. The van der Waals surface area contributed by atoms with E-state index in [9.17, 15) is 5.21 Å². The quantitative estimate of drug-likeness (QED) is 0.598. The fourth-order valence-electron chi connectivity index (χ4n) is 3.32. The summed E-state index contributed by atoms with van der Waals surface area (Å²) >= 11 is 0. The smallest absolute Gasteiger partial charge is 0.131 e. The highest BCUT2D eigenvalue weighted by atomic mass is 16.5. The molecule has 1 saturated carbocycles. The molecule has 2 N–H and O–H groups in total. The lowest BCUT2D eigenvalue weighted by atomic mass is 10.1. The van der Waals surface area contributed by atoms with Crippen LogP contribution in [0.5, 0.6) is 0 Å². The molecule has 8 nitrogen and oxygen atoms in total. The fourth-order valence-corrected chi connectivity index (χ4v) is 3.32. The van der Waals surface area contributed by atoms with Crippen LogP contribution < -0.4 is 15.4 Å². The molecule has 27 heavy (non-hydrogen) atoms. The number of hydrazone groups is 1. The normalized spacial score (nSPS) is 17.9. The molecule has 2 aromatic rings. The van der Waals surface area contributed by atoms with Crippen LogP contribution in [0.4, 0.5) is 11.5 Å². The maximum absolute atomic E-state index is 10.8. The van der Waals surface area contributed by atoms with Gasteiger partial charge in [0.05, 0.1) is 30.6 Å². The van der Waals surface area contributed by atoms with Crippen molar-refractivity contribution in [1.29, 1.82) is 0 Å². The number of rotatable bonds is 6. The predicted molar refractivity (Wildman–Crippen MR) is 106 cm³/mol. The van der Waals surface area contributed by atoms with Gasteiger partial charge in [-0.25, -0.2) is 4.98 Å². The molecule has 0 unspecified atom stereocenters. The maximum atomic E-state index is 10.8. The van der Waals surface area contributed by atoms with Gasteiger partial charge >= 0.3 is 0 Å². The van der Waals surface area contributed by atoms with Gasteiger partial charge in [-0.05, 0) is 25.8 Å². The highest BCUT2D eigenvalue weighted by molar-refractivity contribution is 5.98. The van der Waals surface area contributed by atoms with Crippen molar-refractivity contribution < 1.29 is 9.94 Å². The van der Waals surface area contributed by atoms with Crippen LogP contribution in [0.15, 0.2) is 29.5 Å². The molecule has 1 aliphatic heterocycles. The first-order valence-corrected chi connectivity index (χ1v) is 9.22. The third-order valence-corrected chi connectivity index (χ3v) is 4.91. The van der Waals surface area contributed by atoms with Gasteiger partial charge in [0.1, 0.15) is 17.0 Å². The van der Waals surface area contributed by atoms with Crippen LogP contribution in [0.25, 0.3) is 16.6 Å². The Bertz CT molecular complexity index is 874. The number of pyridine rings is 2. The Balaban J connectivity index is 1.90. The molecule has 0 amide bonds. The Morgan fingerprint density at radius 2 is 2.22 bits per heavy atom. The largest absolute Gasteiger partial charge is 0.378 e. The Kier molecular flexibility index (Phi) is 4.91. The van der Waals surface area contributed by atoms with Crippen LogP contribution in [-0.2, 0) is 4.74 Å². The summed E-state index contributed by atoms with van der Waals surface area (Å²) in [6, 6.07) is 4.02. The molecule has 0 bridgehead atoms. The lowest BCUT2D eigenvalue weighted by Crippen LogP contribution is -2.37. The lowest BCUT2D eigenvalue weighted by Gasteiger charge is -2.29. The van der Waals surface area contributed by atoms with Crippen LogP contribution in [0.2, 0.25) is 0 Å². The number of fused-ring (bicyclic) bond motifs is 1. The maximum Gasteiger partial charge on any atom is 0.131 e. The number of morpholine rings is 1. The molecule has 2 aliphatic rings. The minimum absolute atomic E-state index is 0.166. The van der Waals surface area contributed by atoms with Gasteiger partial charge in [-0.1, -0.05) is 6.08 Å². The topological polar surface area (TPSA) is 86.1 Å². The van der Waals surface area contributed by atoms with Gasteiger partial charge in [0.2, 0.25) is 0 Å². The molecule has 3 heterocycles. The molecule has 0 aromatic carbocycles. The van der Waals surface area contributed by atoms with Gasteiger partial charge in [0.25, 0.3) is 0 Å². The van der Waals surface area contributed by atoms with Crippen LogP contribution in [0.1, 0.15) is 25.5 Å². The van der Waals surface area contributed by atoms with Gasteiger partial charge in [0, 0.05) is 37.5 Å². The molecular weight excluding hydrogens is 344 g/mol. The molecule has 142 valence electrons. The van der Waals surface area contributed by atoms with Crippen LogP contribution in [-0.4, -0.2) is 54.2 Å². The zero-order chi connectivity index (χ0) is 18.8. The summed E-state index contributed by atoms with van der Waals surface area (Å²) in [5, 5.41) is 16.8. The van der Waals surface area contributed by atoms with Gasteiger partial charge in [-0.15, -0.1) is 0 Å². The predicted octanol–water partition coefficient (Wildman–Crippen LogP) is 2.39. The van der Waals surface area contributed by atoms with E-state index in [0.29, 0.717) is 18.9 Å². The van der Waals surface area contributed by atoms with E-state index in [1.807, 2.05) is 25.1 Å². The Morgan fingerprint density at radius 1 is 1.44 bits per heavy atom. The summed E-state index contributed by atoms with van der Waals surface area (Å²) in [7, 11) is 0. The molecule has 0 spiro atoms. The second kappa shape index (κ2) is 7.50. The van der Waals surface area contributed by atoms with Crippen molar-refractivity contribution in [3.63, 3.8) is 0 Å². The van der Waals surface area contributed by atoms with Crippen LogP contribution in [0.3, 0.4) is 0 Å². The van der Waals surface area contributed by atoms with Crippen molar-refractivity contribution >= 4 is 34.8 Å². The van der Waals surface area contributed by atoms with Crippen molar-refractivity contribution in [3.8, 4) is 0 Å². The van der Waals surface area contributed by atoms with Gasteiger partial charge < -0.3 is 9.64 Å². The Morgan fingerprint density at radius 3 is 2.89 bits per heavy atom. The first-order chi connectivity index (χ1) is 13.2. The van der Waals surface area contributed by atoms with Crippen molar-refractivity contribution in [2.75, 3.05) is 36.3 Å². The van der Waals surface area contributed by atoms with Crippen molar-refractivity contribution in [2.45, 2.75) is 25.8 Å². The first-order valence-electron chi connectivity index (χ1n) is 9.22. The summed E-state index contributed by atoms with van der Waals surface area (Å²) in [6.45, 7) is 8.28. The molecule has 1 saturated heterocycles. The molecule has 0 radical (unpaired) electrons. The lowest BCUT2D eigenvalue weighted by molar-refractivity contribution is 0.122. The molecule has 8 heteroatoms. The van der Waals surface area contributed by atoms with E-state index in [-0.39, 0.29) is 6.04 Å². The van der Waals surface area contributed by atoms with Crippen LogP contribution in [0, 0.1) is 0 Å². The van der Waals surface area contributed by atoms with E-state index in [0.717, 1.165) is 54.0 Å². The molecule has 0 atom stereocenters. The van der Waals surface area contributed by atoms with Crippen molar-refractivity contribution in [1.82, 2.24) is 15.4 Å². The Labute approximate surface area is 158 Å². The summed E-state index contributed by atoms with van der Waals surface area (Å²) in [5.41, 5.74) is 5.78. The average Bonchev–Trinajstić information content (AvgIpc) is 3.56. The summed E-state index contributed by atoms with van der Waals surface area (Å²) in [4.78, 5) is 11.6. The number of hydroxylamine groups is 1. The highest BCUT2D eigenvalue weighted by Gasteiger charge is 2.31. The molecule has 4 rings (SSSR count). The third kappa shape index (κ3) is 3.45. The first kappa shape index (κ1) is 17.7. The third-order valence-electron chi connectivity index (χ3n) is 4.91. The number of nitrogens with zero attached hydrogens (tertiary/aromatic N) is 5. The zero-order valence-corrected chi connectivity index (χ0v) is 15.4. The van der Waals surface area contributed by atoms with E-state index in [2.05, 4.69) is 27.1 Å². The molecular formula is C19H24N6O2. The number of nitrogens with one attached hydrogen (secondary N) is 1. The van der Waals surface area contributed by atoms with Gasteiger partial charge in [0.15, 0.2) is 0 Å².